The van der Waals surface area contributed by atoms with Crippen LogP contribution in [0.25, 0.3) is 0 Å². The van der Waals surface area contributed by atoms with Gasteiger partial charge in [-0.25, -0.2) is 0 Å². The molecule has 0 saturated carbocycles. The van der Waals surface area contributed by atoms with Gasteiger partial charge in [-0.2, -0.15) is 5.10 Å². The van der Waals surface area contributed by atoms with Crippen molar-refractivity contribution in [3.8, 4) is 0 Å². The van der Waals surface area contributed by atoms with Crippen molar-refractivity contribution in [1.29, 1.82) is 0 Å². The third-order valence-electron chi connectivity index (χ3n) is 4.72. The molecule has 5 nitrogen and oxygen atoms in total. The number of rotatable bonds is 2. The number of nitrogens with zero attached hydrogens (tertiary/aromatic N) is 4. The summed E-state index contributed by atoms with van der Waals surface area (Å²) in [4.78, 5) is 18.5. The van der Waals surface area contributed by atoms with Gasteiger partial charge in [-0.3, -0.25) is 14.4 Å². The van der Waals surface area contributed by atoms with E-state index in [1.807, 2.05) is 36.3 Å². The van der Waals surface area contributed by atoms with E-state index in [2.05, 4.69) is 21.4 Å². The number of fused-ring (bicyclic) bond motifs is 1. The highest BCUT2D eigenvalue weighted by molar-refractivity contribution is 7.10. The fourth-order valence-electron chi connectivity index (χ4n) is 3.41. The summed E-state index contributed by atoms with van der Waals surface area (Å²) in [6.45, 7) is 5.74. The number of likely N-dealkylation sites (tertiary alicyclic amines) is 1. The van der Waals surface area contributed by atoms with Crippen LogP contribution in [0.2, 0.25) is 0 Å². The zero-order valence-electron chi connectivity index (χ0n) is 13.0. The average molecular weight is 316 g/mol. The molecule has 2 aromatic rings. The molecule has 0 unspecified atom stereocenters. The fraction of sp³-hybridized carbons (Fsp3) is 0.500. The predicted molar refractivity (Wildman–Crippen MR) is 86.1 cm³/mol. The summed E-state index contributed by atoms with van der Waals surface area (Å²) in [5, 5.41) is 6.45. The van der Waals surface area contributed by atoms with Gasteiger partial charge < -0.3 is 4.90 Å². The third kappa shape index (κ3) is 2.27. The lowest BCUT2D eigenvalue weighted by Gasteiger charge is -2.46. The molecule has 4 heterocycles. The Balaban J connectivity index is 1.38. The van der Waals surface area contributed by atoms with E-state index >= 15 is 0 Å². The fourth-order valence-corrected chi connectivity index (χ4v) is 4.30. The second-order valence-electron chi connectivity index (χ2n) is 6.25. The molecule has 0 atom stereocenters. The van der Waals surface area contributed by atoms with Gasteiger partial charge in [0.15, 0.2) is 0 Å². The van der Waals surface area contributed by atoms with Gasteiger partial charge in [0, 0.05) is 44.1 Å². The molecule has 1 amide bonds. The molecule has 0 spiro atoms. The highest BCUT2D eigenvalue weighted by atomic mass is 32.1. The highest BCUT2D eigenvalue weighted by Gasteiger charge is 2.37. The largest absolute Gasteiger partial charge is 0.334 e. The Bertz CT molecular complexity index is 714. The van der Waals surface area contributed by atoms with E-state index in [0.717, 1.165) is 38.3 Å². The molecule has 6 heteroatoms. The topological polar surface area (TPSA) is 41.4 Å². The monoisotopic (exact) mass is 316 g/mol. The van der Waals surface area contributed by atoms with Crippen LogP contribution in [-0.4, -0.2) is 51.2 Å². The van der Waals surface area contributed by atoms with E-state index < -0.39 is 0 Å². The van der Waals surface area contributed by atoms with Gasteiger partial charge in [-0.05, 0) is 36.4 Å². The van der Waals surface area contributed by atoms with Crippen molar-refractivity contribution in [2.75, 3.05) is 19.6 Å². The quantitative estimate of drug-likeness (QED) is 0.846. The van der Waals surface area contributed by atoms with Gasteiger partial charge in [0.2, 0.25) is 0 Å². The average Bonchev–Trinajstić information content (AvgIpc) is 3.02. The van der Waals surface area contributed by atoms with Crippen molar-refractivity contribution in [3.05, 3.63) is 39.3 Å². The first-order valence-electron chi connectivity index (χ1n) is 7.71. The lowest BCUT2D eigenvalue weighted by Crippen LogP contribution is -2.61. The first-order valence-corrected chi connectivity index (χ1v) is 8.59. The Morgan fingerprint density at radius 1 is 1.41 bits per heavy atom. The SMILES string of the molecule is Cc1cc(C(=O)N2CC(N3CCc4sccc4C3)C2)n(C)n1. The molecule has 2 aliphatic rings. The van der Waals surface area contributed by atoms with Crippen molar-refractivity contribution in [2.24, 2.45) is 7.05 Å². The Morgan fingerprint density at radius 3 is 2.95 bits per heavy atom. The number of thiophene rings is 1. The normalized spacial score (nSPS) is 19.1. The summed E-state index contributed by atoms with van der Waals surface area (Å²) in [5.74, 6) is 0.104. The van der Waals surface area contributed by atoms with Gasteiger partial charge in [0.05, 0.1) is 5.69 Å². The number of aromatic nitrogens is 2. The molecule has 116 valence electrons. The predicted octanol–water partition coefficient (Wildman–Crippen LogP) is 1.67. The van der Waals surface area contributed by atoms with Gasteiger partial charge in [-0.15, -0.1) is 11.3 Å². The van der Waals surface area contributed by atoms with E-state index in [4.69, 9.17) is 0 Å². The van der Waals surface area contributed by atoms with Crippen LogP contribution in [0, 0.1) is 6.92 Å². The van der Waals surface area contributed by atoms with Crippen LogP contribution in [-0.2, 0) is 20.0 Å². The zero-order chi connectivity index (χ0) is 15.3. The van der Waals surface area contributed by atoms with Crippen LogP contribution in [0.15, 0.2) is 17.5 Å². The Morgan fingerprint density at radius 2 is 2.23 bits per heavy atom. The lowest BCUT2D eigenvalue weighted by molar-refractivity contribution is 0.0213. The summed E-state index contributed by atoms with van der Waals surface area (Å²) in [6, 6.07) is 4.62. The van der Waals surface area contributed by atoms with Gasteiger partial charge in [0.1, 0.15) is 5.69 Å². The minimum absolute atomic E-state index is 0.104. The Hall–Kier alpha value is -1.66. The van der Waals surface area contributed by atoms with Gasteiger partial charge in [0.25, 0.3) is 5.91 Å². The van der Waals surface area contributed by atoms with E-state index in [1.165, 1.54) is 10.4 Å². The molecule has 1 saturated heterocycles. The second kappa shape index (κ2) is 5.21. The Kier molecular flexibility index (Phi) is 3.31. The molecular formula is C16H20N4OS. The van der Waals surface area contributed by atoms with Crippen LogP contribution >= 0.6 is 11.3 Å². The van der Waals surface area contributed by atoms with Crippen molar-refractivity contribution < 1.29 is 4.79 Å². The van der Waals surface area contributed by atoms with Crippen molar-refractivity contribution in [1.82, 2.24) is 19.6 Å². The molecule has 22 heavy (non-hydrogen) atoms. The molecular weight excluding hydrogens is 296 g/mol. The van der Waals surface area contributed by atoms with Gasteiger partial charge in [-0.1, -0.05) is 0 Å². The molecule has 0 aliphatic carbocycles. The summed E-state index contributed by atoms with van der Waals surface area (Å²) in [5.41, 5.74) is 3.06. The molecule has 4 rings (SSSR count). The highest BCUT2D eigenvalue weighted by Crippen LogP contribution is 2.28. The summed E-state index contributed by atoms with van der Waals surface area (Å²) in [7, 11) is 1.83. The number of aryl methyl sites for hydroxylation is 2. The number of amides is 1. The van der Waals surface area contributed by atoms with E-state index in [9.17, 15) is 4.79 Å². The van der Waals surface area contributed by atoms with E-state index in [1.54, 1.807) is 4.68 Å². The van der Waals surface area contributed by atoms with Gasteiger partial charge >= 0.3 is 0 Å². The summed E-state index contributed by atoms with van der Waals surface area (Å²) >= 11 is 1.87. The maximum Gasteiger partial charge on any atom is 0.272 e. The zero-order valence-corrected chi connectivity index (χ0v) is 13.8. The van der Waals surface area contributed by atoms with E-state index in [-0.39, 0.29) is 5.91 Å². The minimum Gasteiger partial charge on any atom is -0.334 e. The molecule has 1 fully saturated rings. The van der Waals surface area contributed by atoms with Crippen molar-refractivity contribution in [2.45, 2.75) is 25.9 Å². The Labute approximate surface area is 134 Å². The third-order valence-corrected chi connectivity index (χ3v) is 5.75. The number of hydrogen-bond acceptors (Lipinski definition) is 4. The maximum absolute atomic E-state index is 12.5. The smallest absolute Gasteiger partial charge is 0.272 e. The maximum atomic E-state index is 12.5. The van der Waals surface area contributed by atoms with Crippen LogP contribution < -0.4 is 0 Å². The number of hydrogen-bond donors (Lipinski definition) is 0. The molecule has 2 aromatic heterocycles. The molecule has 2 aliphatic heterocycles. The molecule has 0 bridgehead atoms. The summed E-state index contributed by atoms with van der Waals surface area (Å²) in [6.07, 6.45) is 1.15. The molecule has 0 N–H and O–H groups in total. The number of carbonyl (C=O) groups excluding carboxylic acids is 1. The first kappa shape index (κ1) is 14.0. The number of carbonyl (C=O) groups is 1. The van der Waals surface area contributed by atoms with Crippen LogP contribution in [0.1, 0.15) is 26.6 Å². The van der Waals surface area contributed by atoms with Crippen LogP contribution in [0.5, 0.6) is 0 Å². The van der Waals surface area contributed by atoms with Crippen molar-refractivity contribution >= 4 is 17.2 Å². The first-order chi connectivity index (χ1) is 10.6. The van der Waals surface area contributed by atoms with Crippen LogP contribution in [0.4, 0.5) is 0 Å². The van der Waals surface area contributed by atoms with Crippen LogP contribution in [0.3, 0.4) is 0 Å². The summed E-state index contributed by atoms with van der Waals surface area (Å²) < 4.78 is 1.68. The van der Waals surface area contributed by atoms with Crippen molar-refractivity contribution in [3.63, 3.8) is 0 Å². The molecule has 0 radical (unpaired) electrons. The minimum atomic E-state index is 0.104. The second-order valence-corrected chi connectivity index (χ2v) is 7.25. The lowest BCUT2D eigenvalue weighted by atomic mass is 10.0. The molecule has 0 aromatic carbocycles. The standard InChI is InChI=1S/C16H20N4OS/c1-11-7-14(18(2)17-11)16(21)20-9-13(10-20)19-5-3-15-12(8-19)4-6-22-15/h4,6-7,13H,3,5,8-10H2,1-2H3. The van der Waals surface area contributed by atoms with E-state index in [0.29, 0.717) is 11.7 Å².